The fourth-order valence-corrected chi connectivity index (χ4v) is 4.07. The monoisotopic (exact) mass is 469 g/mol. The third kappa shape index (κ3) is 5.89. The molecule has 33 heavy (non-hydrogen) atoms. The molecule has 3 aromatic rings. The van der Waals surface area contributed by atoms with Crippen LogP contribution in [-0.4, -0.2) is 58.8 Å². The number of amides is 2. The van der Waals surface area contributed by atoms with Crippen molar-refractivity contribution in [3.8, 4) is 0 Å². The molecule has 4 rings (SSSR count). The number of thioether (sulfide) groups is 1. The lowest BCUT2D eigenvalue weighted by Crippen LogP contribution is -2.48. The molecule has 0 unspecified atom stereocenters. The van der Waals surface area contributed by atoms with E-state index in [1.54, 1.807) is 17.0 Å². The molecule has 2 aromatic carbocycles. The van der Waals surface area contributed by atoms with Crippen molar-refractivity contribution in [3.63, 3.8) is 0 Å². The van der Waals surface area contributed by atoms with E-state index in [9.17, 15) is 14.0 Å². The first-order chi connectivity index (χ1) is 16.0. The Bertz CT molecular complexity index is 1110. The number of halogens is 1. The second-order valence-corrected chi connectivity index (χ2v) is 8.42. The number of rotatable bonds is 7. The van der Waals surface area contributed by atoms with Gasteiger partial charge in [0.1, 0.15) is 5.82 Å². The molecule has 0 spiro atoms. The number of carbonyl (C=O) groups excluding carboxylic acids is 2. The number of hydrogen-bond acceptors (Lipinski definition) is 7. The van der Waals surface area contributed by atoms with Gasteiger partial charge < -0.3 is 19.5 Å². The maximum atomic E-state index is 13.4. The molecule has 10 heteroatoms. The largest absolute Gasteiger partial charge is 0.416 e. The molecule has 8 nitrogen and oxygen atoms in total. The summed E-state index contributed by atoms with van der Waals surface area (Å²) >= 11 is 1.20. The van der Waals surface area contributed by atoms with Crippen LogP contribution in [0, 0.1) is 5.82 Å². The Morgan fingerprint density at radius 2 is 1.85 bits per heavy atom. The number of carbonyl (C=O) groups is 2. The van der Waals surface area contributed by atoms with E-state index in [4.69, 9.17) is 4.42 Å². The minimum Gasteiger partial charge on any atom is -0.416 e. The van der Waals surface area contributed by atoms with Gasteiger partial charge in [0.15, 0.2) is 0 Å². The Morgan fingerprint density at radius 3 is 2.52 bits per heavy atom. The molecule has 0 atom stereocenters. The number of aromatic nitrogens is 2. The van der Waals surface area contributed by atoms with Crippen molar-refractivity contribution in [1.82, 2.24) is 15.1 Å². The summed E-state index contributed by atoms with van der Waals surface area (Å²) in [5.74, 6) is -0.00260. The number of aryl methyl sites for hydroxylation is 1. The van der Waals surface area contributed by atoms with Crippen molar-refractivity contribution in [2.24, 2.45) is 0 Å². The van der Waals surface area contributed by atoms with Gasteiger partial charge in [-0.25, -0.2) is 4.39 Å². The number of nitrogens with zero attached hydrogens (tertiary/aromatic N) is 4. The summed E-state index contributed by atoms with van der Waals surface area (Å²) < 4.78 is 18.8. The van der Waals surface area contributed by atoms with Crippen LogP contribution < -0.4 is 10.2 Å². The summed E-state index contributed by atoms with van der Waals surface area (Å²) in [5.41, 5.74) is 2.08. The number of anilines is 2. The summed E-state index contributed by atoms with van der Waals surface area (Å²) in [6.45, 7) is 4.38. The molecule has 2 amide bonds. The molecule has 0 bridgehead atoms. The molecule has 0 radical (unpaired) electrons. The minimum absolute atomic E-state index is 0.156. The number of nitrogens with one attached hydrogen (secondary N) is 1. The fourth-order valence-electron chi connectivity index (χ4n) is 3.49. The Labute approximate surface area is 195 Å². The molecule has 2 heterocycles. The van der Waals surface area contributed by atoms with E-state index in [1.165, 1.54) is 23.9 Å². The smallest absolute Gasteiger partial charge is 0.277 e. The van der Waals surface area contributed by atoms with Gasteiger partial charge in [-0.05, 0) is 42.5 Å². The second kappa shape index (κ2) is 10.5. The van der Waals surface area contributed by atoms with Gasteiger partial charge in [0.2, 0.25) is 11.8 Å². The minimum atomic E-state index is -0.412. The van der Waals surface area contributed by atoms with Crippen LogP contribution in [0.5, 0.6) is 0 Å². The lowest BCUT2D eigenvalue weighted by molar-refractivity contribution is -0.113. The number of piperazine rings is 1. The normalized spacial score (nSPS) is 13.8. The lowest BCUT2D eigenvalue weighted by atomic mass is 10.1. The van der Waals surface area contributed by atoms with Gasteiger partial charge in [-0.1, -0.05) is 24.8 Å². The van der Waals surface area contributed by atoms with Gasteiger partial charge in [0, 0.05) is 49.5 Å². The highest BCUT2D eigenvalue weighted by atomic mass is 32.2. The van der Waals surface area contributed by atoms with Gasteiger partial charge in [0.25, 0.3) is 11.1 Å². The predicted octanol–water partition coefficient (Wildman–Crippen LogP) is 3.46. The van der Waals surface area contributed by atoms with Gasteiger partial charge in [-0.15, -0.1) is 10.2 Å². The fraction of sp³-hybridized carbons (Fsp3) is 0.304. The molecule has 1 N–H and O–H groups in total. The van der Waals surface area contributed by atoms with Crippen molar-refractivity contribution in [1.29, 1.82) is 0 Å². The molecule has 1 aliphatic rings. The Balaban J connectivity index is 1.25. The molecule has 1 saturated heterocycles. The summed E-state index contributed by atoms with van der Waals surface area (Å²) in [6, 6.07) is 13.4. The van der Waals surface area contributed by atoms with Crippen molar-refractivity contribution in [2.45, 2.75) is 18.6 Å². The van der Waals surface area contributed by atoms with Crippen LogP contribution in [0.3, 0.4) is 0 Å². The van der Waals surface area contributed by atoms with Crippen LogP contribution >= 0.6 is 11.8 Å². The first kappa shape index (κ1) is 22.8. The first-order valence-corrected chi connectivity index (χ1v) is 11.7. The van der Waals surface area contributed by atoms with E-state index in [0.29, 0.717) is 55.0 Å². The maximum Gasteiger partial charge on any atom is 0.277 e. The molecular formula is C23H24FN5O3S. The van der Waals surface area contributed by atoms with Gasteiger partial charge >= 0.3 is 0 Å². The van der Waals surface area contributed by atoms with Crippen molar-refractivity contribution < 1.29 is 18.4 Å². The quantitative estimate of drug-likeness (QED) is 0.530. The first-order valence-electron chi connectivity index (χ1n) is 10.7. The zero-order valence-corrected chi connectivity index (χ0v) is 19.0. The highest BCUT2D eigenvalue weighted by Gasteiger charge is 2.22. The third-order valence-electron chi connectivity index (χ3n) is 5.23. The second-order valence-electron chi connectivity index (χ2n) is 7.49. The molecule has 1 aliphatic heterocycles. The van der Waals surface area contributed by atoms with Gasteiger partial charge in [0.05, 0.1) is 5.75 Å². The average Bonchev–Trinajstić information content (AvgIpc) is 3.31. The molecule has 172 valence electrons. The van der Waals surface area contributed by atoms with Crippen LogP contribution in [-0.2, 0) is 11.2 Å². The standard InChI is InChI=1S/C23H24FN5O3S/c1-2-21-26-27-23(32-21)33-15-20(30)25-18-6-8-19(9-7-18)28-10-12-29(13-11-28)22(31)16-4-3-5-17(24)14-16/h3-9,14H,2,10-13,15H2,1H3,(H,25,30). The molecule has 1 aromatic heterocycles. The Morgan fingerprint density at radius 1 is 1.09 bits per heavy atom. The number of hydrogen-bond donors (Lipinski definition) is 1. The summed E-state index contributed by atoms with van der Waals surface area (Å²) in [7, 11) is 0. The average molecular weight is 470 g/mol. The van der Waals surface area contributed by atoms with E-state index >= 15 is 0 Å². The zero-order chi connectivity index (χ0) is 23.2. The topological polar surface area (TPSA) is 91.6 Å². The van der Waals surface area contributed by atoms with Gasteiger partial charge in [-0.3, -0.25) is 9.59 Å². The van der Waals surface area contributed by atoms with E-state index < -0.39 is 5.82 Å². The SMILES string of the molecule is CCc1nnc(SCC(=O)Nc2ccc(N3CCN(C(=O)c4cccc(F)c4)CC3)cc2)o1. The lowest BCUT2D eigenvalue weighted by Gasteiger charge is -2.36. The Kier molecular flexibility index (Phi) is 7.23. The Hall–Kier alpha value is -3.40. The van der Waals surface area contributed by atoms with Gasteiger partial charge in [-0.2, -0.15) is 0 Å². The van der Waals surface area contributed by atoms with E-state index in [0.717, 1.165) is 5.69 Å². The van der Waals surface area contributed by atoms with E-state index in [-0.39, 0.29) is 17.6 Å². The van der Waals surface area contributed by atoms with Crippen LogP contribution in [0.1, 0.15) is 23.2 Å². The van der Waals surface area contributed by atoms with Crippen LogP contribution in [0.4, 0.5) is 15.8 Å². The molecule has 1 fully saturated rings. The summed E-state index contributed by atoms with van der Waals surface area (Å²) in [4.78, 5) is 28.7. The van der Waals surface area contributed by atoms with Crippen molar-refractivity contribution in [2.75, 3.05) is 42.1 Å². The summed E-state index contributed by atoms with van der Waals surface area (Å²) in [6.07, 6.45) is 0.657. The summed E-state index contributed by atoms with van der Waals surface area (Å²) in [5, 5.41) is 11.0. The molecular weight excluding hydrogens is 445 g/mol. The molecule has 0 aliphatic carbocycles. The zero-order valence-electron chi connectivity index (χ0n) is 18.2. The van der Waals surface area contributed by atoms with Crippen LogP contribution in [0.25, 0.3) is 0 Å². The highest BCUT2D eigenvalue weighted by Crippen LogP contribution is 2.21. The highest BCUT2D eigenvalue weighted by molar-refractivity contribution is 7.99. The van der Waals surface area contributed by atoms with Crippen LogP contribution in [0.15, 0.2) is 58.2 Å². The van der Waals surface area contributed by atoms with E-state index in [1.807, 2.05) is 31.2 Å². The van der Waals surface area contributed by atoms with E-state index in [2.05, 4.69) is 20.4 Å². The van der Waals surface area contributed by atoms with Crippen LogP contribution in [0.2, 0.25) is 0 Å². The number of benzene rings is 2. The third-order valence-corrected chi connectivity index (χ3v) is 6.05. The van der Waals surface area contributed by atoms with Crippen molar-refractivity contribution in [3.05, 3.63) is 65.8 Å². The predicted molar refractivity (Wildman–Crippen MR) is 124 cm³/mol. The maximum absolute atomic E-state index is 13.4. The molecule has 0 saturated carbocycles. The van der Waals surface area contributed by atoms with Crippen molar-refractivity contribution >= 4 is 35.0 Å².